The third-order valence-corrected chi connectivity index (χ3v) is 3.17. The maximum absolute atomic E-state index is 12.3. The number of nitrogens with zero attached hydrogens (tertiary/aromatic N) is 3. The summed E-state index contributed by atoms with van der Waals surface area (Å²) in [6, 6.07) is 3.59. The van der Waals surface area contributed by atoms with E-state index in [1.165, 1.54) is 0 Å². The maximum Gasteiger partial charge on any atom is 0.251 e. The molecule has 112 valence electrons. The van der Waals surface area contributed by atoms with Crippen molar-refractivity contribution in [1.29, 1.82) is 0 Å². The largest absolute Gasteiger partial charge is 0.373 e. The Morgan fingerprint density at radius 2 is 2.14 bits per heavy atom. The van der Waals surface area contributed by atoms with Gasteiger partial charge >= 0.3 is 0 Å². The average molecular weight is 287 g/mol. The monoisotopic (exact) mass is 287 g/mol. The molecule has 0 spiro atoms. The Hall–Kier alpha value is -2.37. The van der Waals surface area contributed by atoms with Crippen LogP contribution in [0.15, 0.2) is 24.5 Å². The highest BCUT2D eigenvalue weighted by Gasteiger charge is 2.11. The summed E-state index contributed by atoms with van der Waals surface area (Å²) < 4.78 is 1.71. The summed E-state index contributed by atoms with van der Waals surface area (Å²) in [6.45, 7) is 4.57. The van der Waals surface area contributed by atoms with Crippen molar-refractivity contribution >= 4 is 11.7 Å². The maximum atomic E-state index is 12.3. The van der Waals surface area contributed by atoms with E-state index in [2.05, 4.69) is 34.6 Å². The van der Waals surface area contributed by atoms with E-state index in [4.69, 9.17) is 0 Å². The highest BCUT2D eigenvalue weighted by Crippen LogP contribution is 2.17. The molecule has 0 fully saturated rings. The number of hydrogen-bond acceptors (Lipinski definition) is 4. The van der Waals surface area contributed by atoms with Crippen LogP contribution in [-0.4, -0.2) is 27.7 Å². The number of aromatic nitrogens is 3. The van der Waals surface area contributed by atoms with Crippen LogP contribution in [0.1, 0.15) is 41.4 Å². The highest BCUT2D eigenvalue weighted by atomic mass is 16.1. The van der Waals surface area contributed by atoms with Crippen LogP contribution in [-0.2, 0) is 13.6 Å². The fraction of sp³-hybridized carbons (Fsp3) is 0.400. The van der Waals surface area contributed by atoms with Crippen molar-refractivity contribution in [2.45, 2.75) is 26.3 Å². The van der Waals surface area contributed by atoms with Crippen LogP contribution in [0.5, 0.6) is 0 Å². The molecule has 2 aromatic rings. The van der Waals surface area contributed by atoms with Gasteiger partial charge in [-0.15, -0.1) is 0 Å². The van der Waals surface area contributed by atoms with Gasteiger partial charge in [-0.1, -0.05) is 13.8 Å². The SMILES string of the molecule is CNc1cc(C(=O)NCc2cnn(C)c2)cc(C(C)C)n1. The number of nitrogens with one attached hydrogen (secondary N) is 2. The van der Waals surface area contributed by atoms with Gasteiger partial charge in [-0.25, -0.2) is 4.98 Å². The molecule has 0 unspecified atom stereocenters. The Bertz CT molecular complexity index is 633. The first-order chi connectivity index (χ1) is 9.99. The number of hydrogen-bond donors (Lipinski definition) is 2. The van der Waals surface area contributed by atoms with Crippen molar-refractivity contribution < 1.29 is 4.79 Å². The van der Waals surface area contributed by atoms with E-state index in [0.29, 0.717) is 17.9 Å². The molecule has 0 aliphatic heterocycles. The molecule has 21 heavy (non-hydrogen) atoms. The molecular weight excluding hydrogens is 266 g/mol. The lowest BCUT2D eigenvalue weighted by Gasteiger charge is -2.11. The highest BCUT2D eigenvalue weighted by molar-refractivity contribution is 5.95. The third kappa shape index (κ3) is 3.81. The lowest BCUT2D eigenvalue weighted by molar-refractivity contribution is 0.0950. The van der Waals surface area contributed by atoms with E-state index < -0.39 is 0 Å². The van der Waals surface area contributed by atoms with Crippen LogP contribution >= 0.6 is 0 Å². The fourth-order valence-electron chi connectivity index (χ4n) is 1.95. The lowest BCUT2D eigenvalue weighted by Crippen LogP contribution is -2.23. The third-order valence-electron chi connectivity index (χ3n) is 3.17. The molecule has 0 aliphatic rings. The molecular formula is C15H21N5O. The van der Waals surface area contributed by atoms with Crippen LogP contribution in [0.4, 0.5) is 5.82 Å². The Morgan fingerprint density at radius 3 is 2.71 bits per heavy atom. The summed E-state index contributed by atoms with van der Waals surface area (Å²) in [5.41, 5.74) is 2.48. The molecule has 6 heteroatoms. The number of amides is 1. The Labute approximate surface area is 124 Å². The number of rotatable bonds is 5. The summed E-state index contributed by atoms with van der Waals surface area (Å²) >= 11 is 0. The van der Waals surface area contributed by atoms with E-state index in [9.17, 15) is 4.79 Å². The summed E-state index contributed by atoms with van der Waals surface area (Å²) in [5.74, 6) is 0.857. The van der Waals surface area contributed by atoms with Gasteiger partial charge in [-0.3, -0.25) is 9.48 Å². The summed E-state index contributed by atoms with van der Waals surface area (Å²) in [5, 5.41) is 9.97. The minimum absolute atomic E-state index is 0.111. The van der Waals surface area contributed by atoms with Crippen LogP contribution in [0, 0.1) is 0 Å². The summed E-state index contributed by atoms with van der Waals surface area (Å²) in [6.07, 6.45) is 3.62. The van der Waals surface area contributed by atoms with Crippen LogP contribution < -0.4 is 10.6 Å². The molecule has 0 atom stereocenters. The Morgan fingerprint density at radius 1 is 1.38 bits per heavy atom. The zero-order valence-corrected chi connectivity index (χ0v) is 12.8. The lowest BCUT2D eigenvalue weighted by atomic mass is 10.1. The molecule has 0 aliphatic carbocycles. The normalized spacial score (nSPS) is 10.7. The molecule has 6 nitrogen and oxygen atoms in total. The van der Waals surface area contributed by atoms with E-state index >= 15 is 0 Å². The molecule has 2 rings (SSSR count). The first-order valence-corrected chi connectivity index (χ1v) is 6.95. The molecule has 0 saturated carbocycles. The van der Waals surface area contributed by atoms with Crippen LogP contribution in [0.3, 0.4) is 0 Å². The molecule has 0 aromatic carbocycles. The number of carbonyl (C=O) groups is 1. The van der Waals surface area contributed by atoms with E-state index in [0.717, 1.165) is 11.3 Å². The first kappa shape index (κ1) is 15.0. The number of pyridine rings is 1. The molecule has 2 heterocycles. The zero-order chi connectivity index (χ0) is 15.4. The molecule has 0 saturated heterocycles. The Kier molecular flexibility index (Phi) is 4.57. The minimum atomic E-state index is -0.111. The smallest absolute Gasteiger partial charge is 0.251 e. The minimum Gasteiger partial charge on any atom is -0.373 e. The topological polar surface area (TPSA) is 71.8 Å². The van der Waals surface area contributed by atoms with Gasteiger partial charge in [0.1, 0.15) is 5.82 Å². The van der Waals surface area contributed by atoms with E-state index in [1.54, 1.807) is 24.0 Å². The predicted molar refractivity (Wildman–Crippen MR) is 82.3 cm³/mol. The van der Waals surface area contributed by atoms with Crippen molar-refractivity contribution in [3.63, 3.8) is 0 Å². The zero-order valence-electron chi connectivity index (χ0n) is 12.8. The second-order valence-electron chi connectivity index (χ2n) is 5.28. The number of aryl methyl sites for hydroxylation is 1. The van der Waals surface area contributed by atoms with Gasteiger partial charge in [0.05, 0.1) is 6.20 Å². The Balaban J connectivity index is 2.12. The van der Waals surface area contributed by atoms with Crippen molar-refractivity contribution in [2.75, 3.05) is 12.4 Å². The van der Waals surface area contributed by atoms with Crippen LogP contribution in [0.2, 0.25) is 0 Å². The van der Waals surface area contributed by atoms with Crippen molar-refractivity contribution in [1.82, 2.24) is 20.1 Å². The van der Waals surface area contributed by atoms with Gasteiger partial charge in [-0.2, -0.15) is 5.10 Å². The summed E-state index contributed by atoms with van der Waals surface area (Å²) in [4.78, 5) is 16.7. The first-order valence-electron chi connectivity index (χ1n) is 6.95. The van der Waals surface area contributed by atoms with Gasteiger partial charge in [-0.05, 0) is 18.1 Å². The number of carbonyl (C=O) groups excluding carboxylic acids is 1. The number of anilines is 1. The summed E-state index contributed by atoms with van der Waals surface area (Å²) in [7, 11) is 3.64. The van der Waals surface area contributed by atoms with Gasteiger partial charge < -0.3 is 10.6 Å². The fourth-order valence-corrected chi connectivity index (χ4v) is 1.95. The van der Waals surface area contributed by atoms with E-state index in [-0.39, 0.29) is 11.8 Å². The van der Waals surface area contributed by atoms with Gasteiger partial charge in [0.25, 0.3) is 5.91 Å². The second kappa shape index (κ2) is 6.39. The van der Waals surface area contributed by atoms with E-state index in [1.807, 2.05) is 19.3 Å². The molecule has 0 radical (unpaired) electrons. The molecule has 2 N–H and O–H groups in total. The molecule has 0 bridgehead atoms. The molecule has 2 aromatic heterocycles. The van der Waals surface area contributed by atoms with Crippen LogP contribution in [0.25, 0.3) is 0 Å². The predicted octanol–water partition coefficient (Wildman–Crippen LogP) is 1.91. The second-order valence-corrected chi connectivity index (χ2v) is 5.28. The standard InChI is InChI=1S/C15H21N5O/c1-10(2)13-5-12(6-14(16-3)19-13)15(21)17-7-11-8-18-20(4)9-11/h5-6,8-10H,7H2,1-4H3,(H,16,19)(H,17,21). The quantitative estimate of drug-likeness (QED) is 0.881. The van der Waals surface area contributed by atoms with Crippen molar-refractivity contribution in [3.05, 3.63) is 41.3 Å². The van der Waals surface area contributed by atoms with Crippen molar-refractivity contribution in [3.8, 4) is 0 Å². The van der Waals surface area contributed by atoms with Gasteiger partial charge in [0.2, 0.25) is 0 Å². The van der Waals surface area contributed by atoms with Gasteiger partial charge in [0.15, 0.2) is 0 Å². The average Bonchev–Trinajstić information content (AvgIpc) is 2.89. The molecule has 1 amide bonds. The van der Waals surface area contributed by atoms with Crippen molar-refractivity contribution in [2.24, 2.45) is 7.05 Å². The van der Waals surface area contributed by atoms with Gasteiger partial charge in [0, 0.05) is 43.7 Å².